The van der Waals surface area contributed by atoms with Crippen LogP contribution >= 0.6 is 24.0 Å². The normalized spacial score (nSPS) is 14.0. The van der Waals surface area contributed by atoms with Crippen molar-refractivity contribution in [2.24, 2.45) is 10.9 Å². The van der Waals surface area contributed by atoms with E-state index in [1.807, 2.05) is 6.07 Å². The Bertz CT molecular complexity index is 533. The summed E-state index contributed by atoms with van der Waals surface area (Å²) in [4.78, 5) is 4.56. The van der Waals surface area contributed by atoms with Crippen LogP contribution in [0.5, 0.6) is 5.75 Å². The summed E-state index contributed by atoms with van der Waals surface area (Å²) in [6, 6.07) is 6.28. The Balaban J connectivity index is 0.00000312. The number of nitrogens with zero attached hydrogens (tertiary/aromatic N) is 1. The van der Waals surface area contributed by atoms with Gasteiger partial charge in [0.25, 0.3) is 0 Å². The lowest BCUT2D eigenvalue weighted by Gasteiger charge is -2.13. The fourth-order valence-corrected chi connectivity index (χ4v) is 2.52. The van der Waals surface area contributed by atoms with Gasteiger partial charge in [-0.15, -0.1) is 24.0 Å². The highest BCUT2D eigenvalue weighted by atomic mass is 127. The van der Waals surface area contributed by atoms with Crippen molar-refractivity contribution in [1.82, 2.24) is 10.6 Å². The first-order valence-electron chi connectivity index (χ1n) is 8.96. The number of hydrogen-bond donors (Lipinski definition) is 2. The first-order valence-corrected chi connectivity index (χ1v) is 8.96. The van der Waals surface area contributed by atoms with Crippen molar-refractivity contribution in [1.29, 1.82) is 0 Å². The second kappa shape index (κ2) is 12.4. The van der Waals surface area contributed by atoms with Gasteiger partial charge in [0.1, 0.15) is 5.75 Å². The smallest absolute Gasteiger partial charge is 0.191 e. The molecule has 0 aromatic heterocycles. The quantitative estimate of drug-likeness (QED) is 0.243. The Labute approximate surface area is 169 Å². The first kappa shape index (κ1) is 22.0. The van der Waals surface area contributed by atoms with E-state index in [2.05, 4.69) is 41.6 Å². The maximum atomic E-state index is 5.62. The Morgan fingerprint density at radius 1 is 1.28 bits per heavy atom. The number of rotatable bonds is 10. The van der Waals surface area contributed by atoms with Crippen molar-refractivity contribution in [2.45, 2.75) is 33.1 Å². The maximum absolute atomic E-state index is 5.62. The number of halogens is 1. The van der Waals surface area contributed by atoms with E-state index >= 15 is 0 Å². The lowest BCUT2D eigenvalue weighted by Crippen LogP contribution is -2.38. The van der Waals surface area contributed by atoms with Crippen LogP contribution in [0.15, 0.2) is 23.2 Å². The third-order valence-electron chi connectivity index (χ3n) is 4.02. The predicted molar refractivity (Wildman–Crippen MR) is 114 cm³/mol. The zero-order valence-electron chi connectivity index (χ0n) is 15.6. The van der Waals surface area contributed by atoms with Gasteiger partial charge >= 0.3 is 0 Å². The van der Waals surface area contributed by atoms with Crippen LogP contribution < -0.4 is 15.4 Å². The number of aliphatic imine (C=N–C) groups is 1. The number of nitrogens with one attached hydrogen (secondary N) is 2. The van der Waals surface area contributed by atoms with Gasteiger partial charge in [0.05, 0.1) is 20.3 Å². The van der Waals surface area contributed by atoms with Gasteiger partial charge in [-0.2, -0.15) is 0 Å². The molecule has 2 N–H and O–H groups in total. The van der Waals surface area contributed by atoms with Gasteiger partial charge in [0.2, 0.25) is 0 Å². The minimum atomic E-state index is 0. The average molecular weight is 461 g/mol. The summed E-state index contributed by atoms with van der Waals surface area (Å²) >= 11 is 0. The number of hydrogen-bond acceptors (Lipinski definition) is 3. The average Bonchev–Trinajstić information content (AvgIpc) is 3.39. The molecule has 0 aliphatic heterocycles. The molecular formula is C19H32IN3O2. The molecule has 0 amide bonds. The molecular weight excluding hydrogens is 429 g/mol. The van der Waals surface area contributed by atoms with Crippen molar-refractivity contribution in [3.05, 3.63) is 29.3 Å². The van der Waals surface area contributed by atoms with Gasteiger partial charge in [0.15, 0.2) is 5.96 Å². The van der Waals surface area contributed by atoms with Crippen LogP contribution in [0.25, 0.3) is 0 Å². The fraction of sp³-hybridized carbons (Fsp3) is 0.632. The monoisotopic (exact) mass is 461 g/mol. The molecule has 6 heteroatoms. The van der Waals surface area contributed by atoms with Gasteiger partial charge in [-0.3, -0.25) is 4.99 Å². The summed E-state index contributed by atoms with van der Waals surface area (Å²) in [6.07, 6.45) is 3.55. The summed E-state index contributed by atoms with van der Waals surface area (Å²) < 4.78 is 11.1. The Kier molecular flexibility index (Phi) is 10.9. The number of ether oxygens (including phenoxy) is 2. The van der Waals surface area contributed by atoms with Crippen molar-refractivity contribution >= 4 is 29.9 Å². The van der Waals surface area contributed by atoms with Crippen molar-refractivity contribution in [3.63, 3.8) is 0 Å². The molecule has 0 bridgehead atoms. The van der Waals surface area contributed by atoms with Gasteiger partial charge in [-0.05, 0) is 50.7 Å². The van der Waals surface area contributed by atoms with Crippen LogP contribution in [0.4, 0.5) is 0 Å². The first-order chi connectivity index (χ1) is 11.7. The number of guanidine groups is 1. The summed E-state index contributed by atoms with van der Waals surface area (Å²) in [5, 5.41) is 6.65. The molecule has 1 aromatic carbocycles. The van der Waals surface area contributed by atoms with Crippen molar-refractivity contribution in [3.8, 4) is 5.75 Å². The van der Waals surface area contributed by atoms with Crippen molar-refractivity contribution in [2.75, 3.05) is 40.0 Å². The second-order valence-electron chi connectivity index (χ2n) is 6.27. The molecule has 1 aliphatic rings. The topological polar surface area (TPSA) is 54.9 Å². The van der Waals surface area contributed by atoms with E-state index in [-0.39, 0.29) is 24.0 Å². The molecule has 0 heterocycles. The minimum Gasteiger partial charge on any atom is -0.496 e. The summed E-state index contributed by atoms with van der Waals surface area (Å²) in [5.41, 5.74) is 2.47. The third-order valence-corrected chi connectivity index (χ3v) is 4.02. The highest BCUT2D eigenvalue weighted by Crippen LogP contribution is 2.28. The van der Waals surface area contributed by atoms with Crippen LogP contribution in [0, 0.1) is 12.8 Å². The predicted octanol–water partition coefficient (Wildman–Crippen LogP) is 3.15. The summed E-state index contributed by atoms with van der Waals surface area (Å²) in [6.45, 7) is 8.12. The van der Waals surface area contributed by atoms with E-state index in [9.17, 15) is 0 Å². The molecule has 1 saturated carbocycles. The highest BCUT2D eigenvalue weighted by molar-refractivity contribution is 14.0. The Morgan fingerprint density at radius 3 is 2.76 bits per heavy atom. The van der Waals surface area contributed by atoms with E-state index in [1.54, 1.807) is 7.11 Å². The zero-order chi connectivity index (χ0) is 17.2. The molecule has 2 rings (SSSR count). The molecule has 0 unspecified atom stereocenters. The molecule has 0 radical (unpaired) electrons. The highest BCUT2D eigenvalue weighted by Gasteiger charge is 2.20. The van der Waals surface area contributed by atoms with E-state index in [4.69, 9.17) is 9.47 Å². The van der Waals surface area contributed by atoms with Crippen LogP contribution in [-0.4, -0.2) is 45.9 Å². The lowest BCUT2D eigenvalue weighted by molar-refractivity contribution is 0.131. The van der Waals surface area contributed by atoms with Gasteiger partial charge < -0.3 is 20.1 Å². The van der Waals surface area contributed by atoms with E-state index < -0.39 is 0 Å². The standard InChI is InChI=1S/C19H31N3O2.HI/c1-4-20-19(22-11-12-24-14-16-6-7-16)21-10-9-17-13-15(2)5-8-18(17)23-3;/h5,8,13,16H,4,6-7,9-12,14H2,1-3H3,(H2,20,21,22);1H. The maximum Gasteiger partial charge on any atom is 0.191 e. The minimum absolute atomic E-state index is 0. The summed E-state index contributed by atoms with van der Waals surface area (Å²) in [7, 11) is 1.72. The molecule has 1 aliphatic carbocycles. The Morgan fingerprint density at radius 2 is 2.08 bits per heavy atom. The van der Waals surface area contributed by atoms with Crippen LogP contribution in [0.2, 0.25) is 0 Å². The summed E-state index contributed by atoms with van der Waals surface area (Å²) in [5.74, 6) is 2.60. The van der Waals surface area contributed by atoms with Gasteiger partial charge in [-0.25, -0.2) is 0 Å². The molecule has 0 saturated heterocycles. The fourth-order valence-electron chi connectivity index (χ4n) is 2.52. The zero-order valence-corrected chi connectivity index (χ0v) is 18.0. The molecule has 0 spiro atoms. The van der Waals surface area contributed by atoms with E-state index in [0.717, 1.165) is 43.7 Å². The number of benzene rings is 1. The second-order valence-corrected chi connectivity index (χ2v) is 6.27. The van der Waals surface area contributed by atoms with Crippen LogP contribution in [0.3, 0.4) is 0 Å². The molecule has 142 valence electrons. The van der Waals surface area contributed by atoms with E-state index in [1.165, 1.54) is 24.0 Å². The number of methoxy groups -OCH3 is 1. The van der Waals surface area contributed by atoms with Crippen LogP contribution in [0.1, 0.15) is 30.9 Å². The van der Waals surface area contributed by atoms with E-state index in [0.29, 0.717) is 13.2 Å². The largest absolute Gasteiger partial charge is 0.496 e. The molecule has 0 atom stereocenters. The Hall–Kier alpha value is -1.02. The molecule has 25 heavy (non-hydrogen) atoms. The van der Waals surface area contributed by atoms with Gasteiger partial charge in [-0.1, -0.05) is 17.7 Å². The lowest BCUT2D eigenvalue weighted by atomic mass is 10.1. The van der Waals surface area contributed by atoms with Gasteiger partial charge in [0, 0.05) is 19.7 Å². The number of aryl methyl sites for hydroxylation is 1. The molecule has 1 fully saturated rings. The SMILES string of the molecule is CCNC(=NCCOCC1CC1)NCCc1cc(C)ccc1OC.I. The molecule has 5 nitrogen and oxygen atoms in total. The molecule has 1 aromatic rings. The van der Waals surface area contributed by atoms with Crippen LogP contribution in [-0.2, 0) is 11.2 Å². The van der Waals surface area contributed by atoms with Crippen molar-refractivity contribution < 1.29 is 9.47 Å². The third kappa shape index (κ3) is 8.76.